The molecule has 1 aromatic heterocycles. The number of imidazole rings is 1. The predicted molar refractivity (Wildman–Crippen MR) is 77.3 cm³/mol. The number of para-hydroxylation sites is 1. The summed E-state index contributed by atoms with van der Waals surface area (Å²) < 4.78 is 7.49. The second-order valence-electron chi connectivity index (χ2n) is 4.95. The molecule has 2 atom stereocenters. The molecule has 122 valence electrons. The SMILES string of the molecule is C[C@H]1C[C@@H](n2cncc2C(=O)O)c2ccccc2O1.O=[N+]([O-])O. The number of carbonyl (C=O) groups is 1. The van der Waals surface area contributed by atoms with Crippen molar-refractivity contribution in [3.05, 3.63) is 58.2 Å². The maximum Gasteiger partial charge on any atom is 0.354 e. The number of aromatic carboxylic acids is 1. The number of aromatic nitrogens is 2. The summed E-state index contributed by atoms with van der Waals surface area (Å²) in [6, 6.07) is 7.68. The third-order valence-electron chi connectivity index (χ3n) is 3.38. The van der Waals surface area contributed by atoms with Gasteiger partial charge in [-0.1, -0.05) is 18.2 Å². The molecular weight excluding hydrogens is 306 g/mol. The minimum absolute atomic E-state index is 0.0453. The zero-order chi connectivity index (χ0) is 17.0. The molecule has 2 aromatic rings. The molecule has 0 saturated heterocycles. The Labute approximate surface area is 130 Å². The van der Waals surface area contributed by atoms with Crippen LogP contribution in [-0.2, 0) is 0 Å². The first-order valence-electron chi connectivity index (χ1n) is 6.74. The van der Waals surface area contributed by atoms with Crippen molar-refractivity contribution < 1.29 is 24.9 Å². The average Bonchev–Trinajstić information content (AvgIpc) is 2.95. The average molecular weight is 321 g/mol. The lowest BCUT2D eigenvalue weighted by Gasteiger charge is -2.31. The molecule has 1 aliphatic heterocycles. The Bertz CT molecular complexity index is 710. The highest BCUT2D eigenvalue weighted by Crippen LogP contribution is 2.37. The van der Waals surface area contributed by atoms with Crippen molar-refractivity contribution in [2.24, 2.45) is 0 Å². The molecule has 0 unspecified atom stereocenters. The third kappa shape index (κ3) is 3.76. The maximum absolute atomic E-state index is 11.2. The van der Waals surface area contributed by atoms with E-state index in [1.165, 1.54) is 6.20 Å². The van der Waals surface area contributed by atoms with Gasteiger partial charge in [0.05, 0.1) is 24.7 Å². The van der Waals surface area contributed by atoms with Crippen LogP contribution in [0.5, 0.6) is 5.75 Å². The Morgan fingerprint density at radius 1 is 1.48 bits per heavy atom. The van der Waals surface area contributed by atoms with E-state index in [2.05, 4.69) is 4.98 Å². The van der Waals surface area contributed by atoms with Crippen LogP contribution in [0.25, 0.3) is 0 Å². The second kappa shape index (κ2) is 6.77. The molecular formula is C14H15N3O6. The van der Waals surface area contributed by atoms with Gasteiger partial charge in [0, 0.05) is 12.0 Å². The van der Waals surface area contributed by atoms with Crippen molar-refractivity contribution in [1.29, 1.82) is 0 Å². The van der Waals surface area contributed by atoms with E-state index in [0.29, 0.717) is 0 Å². The summed E-state index contributed by atoms with van der Waals surface area (Å²) in [4.78, 5) is 23.5. The maximum atomic E-state index is 11.2. The zero-order valence-corrected chi connectivity index (χ0v) is 12.2. The normalized spacial score (nSPS) is 18.8. The summed E-state index contributed by atoms with van der Waals surface area (Å²) >= 11 is 0. The molecule has 9 heteroatoms. The third-order valence-corrected chi connectivity index (χ3v) is 3.38. The molecule has 0 aliphatic carbocycles. The lowest BCUT2D eigenvalue weighted by molar-refractivity contribution is -0.742. The number of fused-ring (bicyclic) bond motifs is 1. The van der Waals surface area contributed by atoms with Gasteiger partial charge in [-0.3, -0.25) is 0 Å². The highest BCUT2D eigenvalue weighted by Gasteiger charge is 2.29. The Morgan fingerprint density at radius 3 is 2.78 bits per heavy atom. The van der Waals surface area contributed by atoms with Gasteiger partial charge < -0.3 is 19.6 Å². The van der Waals surface area contributed by atoms with Crippen LogP contribution in [0.2, 0.25) is 0 Å². The van der Waals surface area contributed by atoms with Gasteiger partial charge in [0.15, 0.2) is 0 Å². The van der Waals surface area contributed by atoms with Gasteiger partial charge in [0.1, 0.15) is 11.4 Å². The standard InChI is InChI=1S/C14H14N2O3.HNO3/c1-9-6-11(10-4-2-3-5-13(10)19-9)16-8-15-7-12(16)14(17)18;2-1(3)4/h2-5,7-9,11H,6H2,1H3,(H,17,18);(H,2,3,4)/t9-,11+;/m0./s1. The van der Waals surface area contributed by atoms with Crippen molar-refractivity contribution in [2.45, 2.75) is 25.5 Å². The largest absolute Gasteiger partial charge is 0.490 e. The fourth-order valence-electron chi connectivity index (χ4n) is 2.55. The smallest absolute Gasteiger partial charge is 0.354 e. The highest BCUT2D eigenvalue weighted by molar-refractivity contribution is 5.85. The molecule has 0 amide bonds. The van der Waals surface area contributed by atoms with E-state index in [-0.39, 0.29) is 17.8 Å². The van der Waals surface area contributed by atoms with Crippen LogP contribution in [0, 0.1) is 10.1 Å². The summed E-state index contributed by atoms with van der Waals surface area (Å²) in [6.07, 6.45) is 3.73. The topological polar surface area (TPSA) is 128 Å². The highest BCUT2D eigenvalue weighted by atomic mass is 16.9. The van der Waals surface area contributed by atoms with Gasteiger partial charge in [-0.15, -0.1) is 10.1 Å². The Kier molecular flexibility index (Phi) is 4.79. The van der Waals surface area contributed by atoms with Crippen molar-refractivity contribution in [3.63, 3.8) is 0 Å². The molecule has 0 bridgehead atoms. The zero-order valence-electron chi connectivity index (χ0n) is 12.2. The van der Waals surface area contributed by atoms with Gasteiger partial charge in [0.25, 0.3) is 5.09 Å². The molecule has 3 rings (SSSR count). The van der Waals surface area contributed by atoms with Crippen molar-refractivity contribution in [2.75, 3.05) is 0 Å². The van der Waals surface area contributed by atoms with Crippen molar-refractivity contribution >= 4 is 5.97 Å². The van der Waals surface area contributed by atoms with Gasteiger partial charge in [-0.2, -0.15) is 0 Å². The van der Waals surface area contributed by atoms with Gasteiger partial charge in [-0.25, -0.2) is 9.78 Å². The molecule has 0 spiro atoms. The van der Waals surface area contributed by atoms with E-state index < -0.39 is 11.1 Å². The molecule has 23 heavy (non-hydrogen) atoms. The first-order valence-corrected chi connectivity index (χ1v) is 6.74. The molecule has 1 aromatic carbocycles. The number of benzene rings is 1. The van der Waals surface area contributed by atoms with E-state index in [1.54, 1.807) is 10.9 Å². The summed E-state index contributed by atoms with van der Waals surface area (Å²) in [6.45, 7) is 1.99. The van der Waals surface area contributed by atoms with E-state index in [0.717, 1.165) is 17.7 Å². The molecule has 0 fully saturated rings. The quantitative estimate of drug-likeness (QED) is 0.639. The summed E-state index contributed by atoms with van der Waals surface area (Å²) in [5.74, 6) is -0.148. The van der Waals surface area contributed by atoms with Gasteiger partial charge in [-0.05, 0) is 13.0 Å². The van der Waals surface area contributed by atoms with E-state index in [9.17, 15) is 9.90 Å². The molecule has 2 N–H and O–H groups in total. The first kappa shape index (κ1) is 16.3. The lowest BCUT2D eigenvalue weighted by atomic mass is 9.96. The number of carboxylic acids is 1. The molecule has 9 nitrogen and oxygen atoms in total. The van der Waals surface area contributed by atoms with Crippen molar-refractivity contribution in [1.82, 2.24) is 9.55 Å². The number of rotatable bonds is 2. The lowest BCUT2D eigenvalue weighted by Crippen LogP contribution is -2.27. The van der Waals surface area contributed by atoms with Crippen LogP contribution < -0.4 is 4.74 Å². The van der Waals surface area contributed by atoms with Crippen LogP contribution in [0.1, 0.15) is 35.4 Å². The summed E-state index contributed by atoms with van der Waals surface area (Å²) in [7, 11) is 0. The van der Waals surface area contributed by atoms with Gasteiger partial charge >= 0.3 is 5.97 Å². The summed E-state index contributed by atoms with van der Waals surface area (Å²) in [5.41, 5.74) is 1.20. The van der Waals surface area contributed by atoms with Crippen LogP contribution in [-0.4, -0.2) is 37.0 Å². The minimum Gasteiger partial charge on any atom is -0.490 e. The Morgan fingerprint density at radius 2 is 2.13 bits per heavy atom. The van der Waals surface area contributed by atoms with E-state index >= 15 is 0 Å². The molecule has 0 radical (unpaired) electrons. The van der Waals surface area contributed by atoms with Crippen LogP contribution in [0.3, 0.4) is 0 Å². The monoisotopic (exact) mass is 321 g/mol. The first-order chi connectivity index (χ1) is 10.9. The molecule has 1 aliphatic rings. The number of hydrogen-bond acceptors (Lipinski definition) is 5. The molecule has 2 heterocycles. The number of carboxylic acid groups (broad SMARTS) is 1. The van der Waals surface area contributed by atoms with Crippen LogP contribution in [0.4, 0.5) is 0 Å². The predicted octanol–water partition coefficient (Wildman–Crippen LogP) is 1.99. The van der Waals surface area contributed by atoms with E-state index in [4.69, 9.17) is 20.1 Å². The number of nitrogens with zero attached hydrogens (tertiary/aromatic N) is 3. The van der Waals surface area contributed by atoms with Crippen LogP contribution in [0.15, 0.2) is 36.8 Å². The fraction of sp³-hybridized carbons (Fsp3) is 0.286. The second-order valence-corrected chi connectivity index (χ2v) is 4.95. The number of ether oxygens (including phenoxy) is 1. The van der Waals surface area contributed by atoms with E-state index in [1.807, 2.05) is 31.2 Å². The van der Waals surface area contributed by atoms with Gasteiger partial charge in [0.2, 0.25) is 0 Å². The molecule has 0 saturated carbocycles. The fourth-order valence-corrected chi connectivity index (χ4v) is 2.55. The number of hydrogen-bond donors (Lipinski definition) is 2. The summed E-state index contributed by atoms with van der Waals surface area (Å²) in [5, 5.41) is 22.8. The Hall–Kier alpha value is -3.10. The minimum atomic E-state index is -1.50. The van der Waals surface area contributed by atoms with Crippen LogP contribution >= 0.6 is 0 Å². The Balaban J connectivity index is 0.000000433. The van der Waals surface area contributed by atoms with Crippen molar-refractivity contribution in [3.8, 4) is 5.75 Å².